The third-order valence-electron chi connectivity index (χ3n) is 6.48. The van der Waals surface area contributed by atoms with Crippen LogP contribution in [0.1, 0.15) is 21.6 Å². The summed E-state index contributed by atoms with van der Waals surface area (Å²) < 4.78 is 12.0. The molecule has 0 bridgehead atoms. The van der Waals surface area contributed by atoms with E-state index < -0.39 is 0 Å². The van der Waals surface area contributed by atoms with E-state index in [1.54, 1.807) is 18.5 Å². The zero-order valence-electron chi connectivity index (χ0n) is 20.7. The van der Waals surface area contributed by atoms with Crippen molar-refractivity contribution in [3.8, 4) is 17.1 Å². The monoisotopic (exact) mass is 528 g/mol. The van der Waals surface area contributed by atoms with Crippen LogP contribution >= 0.6 is 11.6 Å². The molecule has 4 heterocycles. The normalized spacial score (nSPS) is 13.7. The van der Waals surface area contributed by atoms with Crippen LogP contribution in [0.5, 0.6) is 5.75 Å². The molecule has 2 aromatic carbocycles. The van der Waals surface area contributed by atoms with Crippen molar-refractivity contribution in [3.05, 3.63) is 88.8 Å². The number of pyridine rings is 1. The van der Waals surface area contributed by atoms with E-state index in [-0.39, 0.29) is 5.91 Å². The SMILES string of the molecule is Cc1ccc2oc(N3CCN(C(=O)c4ccc(OCc5cccc(Cl)c5)c(-c5ncc[nH]5)c4)CC3)nc2n1. The first-order valence-electron chi connectivity index (χ1n) is 12.3. The van der Waals surface area contributed by atoms with Gasteiger partial charge in [-0.2, -0.15) is 4.98 Å². The van der Waals surface area contributed by atoms with Crippen molar-refractivity contribution < 1.29 is 13.9 Å². The molecule has 0 radical (unpaired) electrons. The lowest BCUT2D eigenvalue weighted by Gasteiger charge is -2.33. The molecule has 38 heavy (non-hydrogen) atoms. The Balaban J connectivity index is 1.17. The summed E-state index contributed by atoms with van der Waals surface area (Å²) >= 11 is 6.11. The molecular formula is C28H25ClN6O3. The molecule has 0 unspecified atom stereocenters. The van der Waals surface area contributed by atoms with Gasteiger partial charge in [0, 0.05) is 54.9 Å². The number of piperazine rings is 1. The van der Waals surface area contributed by atoms with Gasteiger partial charge >= 0.3 is 0 Å². The van der Waals surface area contributed by atoms with Crippen LogP contribution in [-0.4, -0.2) is 56.9 Å². The maximum Gasteiger partial charge on any atom is 0.300 e. The third-order valence-corrected chi connectivity index (χ3v) is 6.72. The molecule has 0 saturated carbocycles. The molecule has 192 valence electrons. The number of aromatic amines is 1. The highest BCUT2D eigenvalue weighted by Gasteiger charge is 2.26. The molecule has 0 aliphatic carbocycles. The fourth-order valence-corrected chi connectivity index (χ4v) is 4.71. The summed E-state index contributed by atoms with van der Waals surface area (Å²) in [5.74, 6) is 1.21. The fraction of sp³-hybridized carbons (Fsp3) is 0.214. The quantitative estimate of drug-likeness (QED) is 0.326. The zero-order valence-corrected chi connectivity index (χ0v) is 21.5. The number of fused-ring (bicyclic) bond motifs is 1. The molecule has 1 aliphatic rings. The van der Waals surface area contributed by atoms with Crippen molar-refractivity contribution in [1.82, 2.24) is 24.8 Å². The Bertz CT molecular complexity index is 1590. The van der Waals surface area contributed by atoms with E-state index in [0.29, 0.717) is 72.2 Å². The van der Waals surface area contributed by atoms with Crippen LogP contribution in [0.25, 0.3) is 22.6 Å². The molecule has 1 amide bonds. The van der Waals surface area contributed by atoms with E-state index in [1.807, 2.05) is 65.3 Å². The highest BCUT2D eigenvalue weighted by molar-refractivity contribution is 6.30. The smallest absolute Gasteiger partial charge is 0.300 e. The minimum absolute atomic E-state index is 0.0475. The number of anilines is 1. The van der Waals surface area contributed by atoms with Crippen LogP contribution in [0.3, 0.4) is 0 Å². The number of carbonyl (C=O) groups excluding carboxylic acids is 1. The number of oxazole rings is 1. The van der Waals surface area contributed by atoms with Crippen LogP contribution in [0.15, 0.2) is 71.4 Å². The van der Waals surface area contributed by atoms with Gasteiger partial charge in [-0.05, 0) is 55.0 Å². The Hall–Kier alpha value is -4.37. The Morgan fingerprint density at radius 1 is 1.08 bits per heavy atom. The number of rotatable bonds is 6. The second kappa shape index (κ2) is 10.2. The Kier molecular flexibility index (Phi) is 6.43. The van der Waals surface area contributed by atoms with Gasteiger partial charge in [-0.3, -0.25) is 4.79 Å². The van der Waals surface area contributed by atoms with Crippen molar-refractivity contribution in [2.75, 3.05) is 31.1 Å². The summed E-state index contributed by atoms with van der Waals surface area (Å²) in [5, 5.41) is 0.654. The number of amides is 1. The number of nitrogens with zero attached hydrogens (tertiary/aromatic N) is 5. The first-order chi connectivity index (χ1) is 18.5. The summed E-state index contributed by atoms with van der Waals surface area (Å²) in [6, 6.07) is 17.3. The summed E-state index contributed by atoms with van der Waals surface area (Å²) in [7, 11) is 0. The van der Waals surface area contributed by atoms with Crippen LogP contribution in [-0.2, 0) is 6.61 Å². The predicted molar refractivity (Wildman–Crippen MR) is 144 cm³/mol. The number of aromatic nitrogens is 4. The molecule has 1 N–H and O–H groups in total. The average molecular weight is 529 g/mol. The molecule has 6 rings (SSSR count). The molecule has 1 saturated heterocycles. The molecule has 9 nitrogen and oxygen atoms in total. The predicted octanol–water partition coefficient (Wildman–Crippen LogP) is 5.12. The second-order valence-corrected chi connectivity index (χ2v) is 9.55. The van der Waals surface area contributed by atoms with Gasteiger partial charge in [0.1, 0.15) is 18.2 Å². The summed E-state index contributed by atoms with van der Waals surface area (Å²) in [6.07, 6.45) is 3.42. The van der Waals surface area contributed by atoms with E-state index in [1.165, 1.54) is 0 Å². The van der Waals surface area contributed by atoms with Gasteiger partial charge in [0.2, 0.25) is 5.65 Å². The van der Waals surface area contributed by atoms with Crippen LogP contribution < -0.4 is 9.64 Å². The number of aryl methyl sites for hydroxylation is 1. The highest BCUT2D eigenvalue weighted by atomic mass is 35.5. The maximum absolute atomic E-state index is 13.4. The molecule has 0 spiro atoms. The van der Waals surface area contributed by atoms with Gasteiger partial charge in [-0.1, -0.05) is 23.7 Å². The van der Waals surface area contributed by atoms with Crippen molar-refractivity contribution in [3.63, 3.8) is 0 Å². The summed E-state index contributed by atoms with van der Waals surface area (Å²) in [6.45, 7) is 4.59. The summed E-state index contributed by atoms with van der Waals surface area (Å²) in [5.41, 5.74) is 4.39. The fourth-order valence-electron chi connectivity index (χ4n) is 4.49. The number of ether oxygens (including phenoxy) is 1. The van der Waals surface area contributed by atoms with Crippen molar-refractivity contribution in [2.24, 2.45) is 0 Å². The number of hydrogen-bond acceptors (Lipinski definition) is 7. The molecular weight excluding hydrogens is 504 g/mol. The largest absolute Gasteiger partial charge is 0.488 e. The van der Waals surface area contributed by atoms with Crippen LogP contribution in [0.2, 0.25) is 5.02 Å². The molecule has 0 atom stereocenters. The summed E-state index contributed by atoms with van der Waals surface area (Å²) in [4.78, 5) is 33.8. The van der Waals surface area contributed by atoms with Gasteiger partial charge in [-0.25, -0.2) is 9.97 Å². The number of imidazole rings is 1. The lowest BCUT2D eigenvalue weighted by Crippen LogP contribution is -2.48. The number of hydrogen-bond donors (Lipinski definition) is 1. The number of halogens is 1. The van der Waals surface area contributed by atoms with Gasteiger partial charge in [0.25, 0.3) is 11.9 Å². The van der Waals surface area contributed by atoms with Crippen LogP contribution in [0, 0.1) is 6.92 Å². The van der Waals surface area contributed by atoms with Gasteiger partial charge in [-0.15, -0.1) is 0 Å². The topological polar surface area (TPSA) is 100 Å². The van der Waals surface area contributed by atoms with Crippen LogP contribution in [0.4, 0.5) is 6.01 Å². The molecule has 1 aliphatic heterocycles. The number of H-pyrrole nitrogens is 1. The Morgan fingerprint density at radius 3 is 2.74 bits per heavy atom. The Morgan fingerprint density at radius 2 is 1.95 bits per heavy atom. The Labute approximate surface area is 224 Å². The molecule has 3 aromatic heterocycles. The second-order valence-electron chi connectivity index (χ2n) is 9.12. The zero-order chi connectivity index (χ0) is 26.1. The van der Waals surface area contributed by atoms with E-state index >= 15 is 0 Å². The third kappa shape index (κ3) is 4.92. The van der Waals surface area contributed by atoms with E-state index in [2.05, 4.69) is 19.9 Å². The van der Waals surface area contributed by atoms with Gasteiger partial charge < -0.3 is 23.9 Å². The lowest BCUT2D eigenvalue weighted by atomic mass is 10.1. The number of benzene rings is 2. The maximum atomic E-state index is 13.4. The van der Waals surface area contributed by atoms with Gasteiger partial charge in [0.15, 0.2) is 5.58 Å². The van der Waals surface area contributed by atoms with Crippen molar-refractivity contribution >= 4 is 34.8 Å². The first-order valence-corrected chi connectivity index (χ1v) is 12.7. The minimum Gasteiger partial charge on any atom is -0.488 e. The van der Waals surface area contributed by atoms with E-state index in [4.69, 9.17) is 20.8 Å². The van der Waals surface area contributed by atoms with Crippen molar-refractivity contribution in [1.29, 1.82) is 0 Å². The van der Waals surface area contributed by atoms with E-state index in [0.717, 1.165) is 16.8 Å². The van der Waals surface area contributed by atoms with E-state index in [9.17, 15) is 4.79 Å². The molecule has 10 heteroatoms. The highest BCUT2D eigenvalue weighted by Crippen LogP contribution is 2.30. The number of nitrogens with one attached hydrogen (secondary N) is 1. The lowest BCUT2D eigenvalue weighted by molar-refractivity contribution is 0.0745. The minimum atomic E-state index is -0.0475. The first kappa shape index (κ1) is 24.0. The molecule has 1 fully saturated rings. The standard InChI is InChI=1S/C28H25ClN6O3/c1-18-5-7-24-26(32-18)33-28(38-24)35-13-11-34(12-14-35)27(36)20-6-8-23(22(16-20)25-30-9-10-31-25)37-17-19-3-2-4-21(29)15-19/h2-10,15-16H,11-14,17H2,1H3,(H,30,31). The molecule has 5 aromatic rings. The average Bonchev–Trinajstić information content (AvgIpc) is 3.62. The van der Waals surface area contributed by atoms with Crippen molar-refractivity contribution in [2.45, 2.75) is 13.5 Å². The van der Waals surface area contributed by atoms with Gasteiger partial charge in [0.05, 0.1) is 5.56 Å². The number of carbonyl (C=O) groups is 1.